The summed E-state index contributed by atoms with van der Waals surface area (Å²) >= 11 is 2.24. The minimum Gasteiger partial charge on any atom is -0.397 e. The molecule has 2 heterocycles. The number of rotatable bonds is 4. The van der Waals surface area contributed by atoms with E-state index in [1.54, 1.807) is 15.3 Å². The number of anilines is 2. The summed E-state index contributed by atoms with van der Waals surface area (Å²) in [6, 6.07) is 9.80. The van der Waals surface area contributed by atoms with E-state index in [-0.39, 0.29) is 11.8 Å². The molecule has 1 fully saturated rings. The number of fused-ring (bicyclic) bond motifs is 1. The fourth-order valence-electron chi connectivity index (χ4n) is 2.80. The number of halogens is 1. The monoisotopic (exact) mass is 450 g/mol. The Morgan fingerprint density at radius 2 is 2.21 bits per heavy atom. The van der Waals surface area contributed by atoms with Crippen LogP contribution in [0.25, 0.3) is 22.0 Å². The third-order valence-corrected chi connectivity index (χ3v) is 5.88. The van der Waals surface area contributed by atoms with Gasteiger partial charge in [0.25, 0.3) is 0 Å². The maximum atomic E-state index is 12.0. The Morgan fingerprint density at radius 1 is 1.38 bits per heavy atom. The molecule has 1 aromatic carbocycles. The molecule has 3 N–H and O–H groups in total. The number of para-hydroxylation sites is 1. The van der Waals surface area contributed by atoms with Gasteiger partial charge in [-0.15, -0.1) is 0 Å². The van der Waals surface area contributed by atoms with Gasteiger partial charge in [0, 0.05) is 59.6 Å². The Hall–Kier alpha value is -1.74. The predicted molar refractivity (Wildman–Crippen MR) is 108 cm³/mol. The van der Waals surface area contributed by atoms with E-state index in [1.807, 2.05) is 24.3 Å². The number of nitrogens with two attached hydrogens (primary N) is 1. The van der Waals surface area contributed by atoms with Crippen molar-refractivity contribution < 1.29 is 4.79 Å². The lowest BCUT2D eigenvalue weighted by atomic mass is 10.1. The Labute approximate surface area is 155 Å². The highest BCUT2D eigenvalue weighted by Gasteiger charge is 2.29. The molecule has 1 amide bonds. The number of carbonyl (C=O) groups is 1. The van der Waals surface area contributed by atoms with E-state index in [0.29, 0.717) is 5.82 Å². The van der Waals surface area contributed by atoms with Crippen LogP contribution in [0.4, 0.5) is 11.5 Å². The largest absolute Gasteiger partial charge is 0.397 e. The molecule has 0 radical (unpaired) electrons. The molecule has 0 spiro atoms. The lowest BCUT2D eigenvalue weighted by molar-refractivity contribution is -0.117. The molecular weight excluding hydrogens is 435 g/mol. The van der Waals surface area contributed by atoms with Gasteiger partial charge in [0.05, 0.1) is 11.2 Å². The van der Waals surface area contributed by atoms with E-state index in [2.05, 4.69) is 47.7 Å². The van der Waals surface area contributed by atoms with Crippen LogP contribution >= 0.6 is 30.3 Å². The molecule has 4 rings (SSSR count). The standard InChI is InChI=1S/C17H15IN4OS/c18-24-22-9-13(12-2-1-3-14(19)16(12)22)11-6-7-20-15(8-11)21-17(23)10-4-5-10/h1-3,6-10H,4-5,19H2,(H,20,21,23). The summed E-state index contributed by atoms with van der Waals surface area (Å²) in [4.78, 5) is 16.2. The first-order valence-electron chi connectivity index (χ1n) is 7.63. The number of aromatic nitrogens is 2. The molecule has 0 atom stereocenters. The number of nitrogen functional groups attached to an aromatic ring is 1. The fourth-order valence-corrected chi connectivity index (χ4v) is 4.15. The lowest BCUT2D eigenvalue weighted by Crippen LogP contribution is -2.14. The van der Waals surface area contributed by atoms with Crippen LogP contribution in [-0.4, -0.2) is 14.9 Å². The number of nitrogens with one attached hydrogen (secondary N) is 1. The van der Waals surface area contributed by atoms with Crippen LogP contribution in [-0.2, 0) is 4.79 Å². The van der Waals surface area contributed by atoms with Crippen molar-refractivity contribution in [3.8, 4) is 11.1 Å². The zero-order valence-corrected chi connectivity index (χ0v) is 15.7. The second kappa shape index (κ2) is 6.29. The normalized spacial score (nSPS) is 14.0. The van der Waals surface area contributed by atoms with Crippen molar-refractivity contribution >= 4 is 58.6 Å². The first-order chi connectivity index (χ1) is 11.7. The van der Waals surface area contributed by atoms with Crippen LogP contribution in [0.5, 0.6) is 0 Å². The number of benzene rings is 1. The third kappa shape index (κ3) is 2.86. The van der Waals surface area contributed by atoms with E-state index < -0.39 is 0 Å². The van der Waals surface area contributed by atoms with Crippen LogP contribution < -0.4 is 11.1 Å². The molecular formula is C17H15IN4OS. The topological polar surface area (TPSA) is 72.9 Å². The van der Waals surface area contributed by atoms with Crippen LogP contribution in [0.15, 0.2) is 42.7 Å². The second-order valence-corrected chi connectivity index (χ2v) is 7.59. The van der Waals surface area contributed by atoms with E-state index in [4.69, 9.17) is 5.73 Å². The minimum absolute atomic E-state index is 0.0640. The Balaban J connectivity index is 1.77. The summed E-state index contributed by atoms with van der Waals surface area (Å²) in [7, 11) is 1.58. The van der Waals surface area contributed by atoms with Gasteiger partial charge in [0.2, 0.25) is 5.91 Å². The molecule has 0 unspecified atom stereocenters. The van der Waals surface area contributed by atoms with Gasteiger partial charge in [-0.2, -0.15) is 0 Å². The average molecular weight is 450 g/mol. The van der Waals surface area contributed by atoms with E-state index in [9.17, 15) is 4.79 Å². The van der Waals surface area contributed by atoms with Crippen LogP contribution in [0.3, 0.4) is 0 Å². The Bertz CT molecular complexity index is 935. The van der Waals surface area contributed by atoms with E-state index in [0.717, 1.165) is 40.6 Å². The zero-order chi connectivity index (χ0) is 16.7. The average Bonchev–Trinajstić information content (AvgIpc) is 3.36. The molecule has 1 aliphatic rings. The summed E-state index contributed by atoms with van der Waals surface area (Å²) in [6.07, 6.45) is 5.75. The number of amides is 1. The number of hydrogen-bond acceptors (Lipinski definition) is 4. The van der Waals surface area contributed by atoms with Gasteiger partial charge in [-0.1, -0.05) is 12.1 Å². The second-order valence-electron chi connectivity index (χ2n) is 5.87. The molecule has 5 nitrogen and oxygen atoms in total. The summed E-state index contributed by atoms with van der Waals surface area (Å²) in [6.45, 7) is 0. The van der Waals surface area contributed by atoms with Crippen molar-refractivity contribution in [3.63, 3.8) is 0 Å². The number of carbonyl (C=O) groups excluding carboxylic acids is 1. The highest BCUT2D eigenvalue weighted by Crippen LogP contribution is 2.37. The van der Waals surface area contributed by atoms with Crippen LogP contribution in [0.2, 0.25) is 0 Å². The molecule has 24 heavy (non-hydrogen) atoms. The summed E-state index contributed by atoms with van der Waals surface area (Å²) < 4.78 is 2.06. The van der Waals surface area contributed by atoms with Crippen molar-refractivity contribution in [2.75, 3.05) is 11.1 Å². The third-order valence-electron chi connectivity index (χ3n) is 4.17. The maximum absolute atomic E-state index is 12.0. The number of hydrogen-bond donors (Lipinski definition) is 2. The van der Waals surface area contributed by atoms with Crippen LogP contribution in [0, 0.1) is 5.92 Å². The van der Waals surface area contributed by atoms with E-state index >= 15 is 0 Å². The number of nitrogens with zero attached hydrogens (tertiary/aromatic N) is 2. The van der Waals surface area contributed by atoms with Gasteiger partial charge < -0.3 is 11.1 Å². The fraction of sp³-hybridized carbons (Fsp3) is 0.176. The lowest BCUT2D eigenvalue weighted by Gasteiger charge is -2.06. The first-order valence-corrected chi connectivity index (χ1v) is 10.9. The summed E-state index contributed by atoms with van der Waals surface area (Å²) in [5.41, 5.74) is 9.99. The molecule has 1 saturated carbocycles. The molecule has 0 aliphatic heterocycles. The molecule has 122 valence electrons. The molecule has 7 heteroatoms. The van der Waals surface area contributed by atoms with Gasteiger partial charge in [-0.25, -0.2) is 4.98 Å². The molecule has 1 aliphatic carbocycles. The van der Waals surface area contributed by atoms with Crippen molar-refractivity contribution in [2.45, 2.75) is 12.8 Å². The predicted octanol–water partition coefficient (Wildman–Crippen LogP) is 4.48. The summed E-state index contributed by atoms with van der Waals surface area (Å²) in [5.74, 6) is 0.818. The molecule has 2 aromatic heterocycles. The minimum atomic E-state index is 0.0640. The van der Waals surface area contributed by atoms with Gasteiger partial charge in [-0.05, 0) is 36.6 Å². The zero-order valence-electron chi connectivity index (χ0n) is 12.7. The van der Waals surface area contributed by atoms with Gasteiger partial charge in [0.1, 0.15) is 5.82 Å². The maximum Gasteiger partial charge on any atom is 0.228 e. The van der Waals surface area contributed by atoms with Crippen molar-refractivity contribution in [3.05, 3.63) is 42.7 Å². The molecule has 0 saturated heterocycles. The summed E-state index contributed by atoms with van der Waals surface area (Å²) in [5, 5.41) is 3.99. The van der Waals surface area contributed by atoms with Gasteiger partial charge in [-0.3, -0.25) is 8.77 Å². The quantitative estimate of drug-likeness (QED) is 0.454. The van der Waals surface area contributed by atoms with Crippen LogP contribution in [0.1, 0.15) is 12.8 Å². The smallest absolute Gasteiger partial charge is 0.228 e. The highest BCUT2D eigenvalue weighted by molar-refractivity contribution is 14.2. The van der Waals surface area contributed by atoms with Crippen molar-refractivity contribution in [1.29, 1.82) is 0 Å². The number of pyridine rings is 1. The molecule has 3 aromatic rings. The Morgan fingerprint density at radius 3 is 2.96 bits per heavy atom. The first kappa shape index (κ1) is 15.8. The highest BCUT2D eigenvalue weighted by atomic mass is 127. The van der Waals surface area contributed by atoms with Gasteiger partial charge >= 0.3 is 0 Å². The Kier molecular flexibility index (Phi) is 4.13. The van der Waals surface area contributed by atoms with E-state index in [1.165, 1.54) is 0 Å². The molecule has 0 bridgehead atoms. The SMILES string of the molecule is Nc1cccc2c(-c3ccnc(NC(=O)C4CC4)c3)cn(SI)c12. The van der Waals surface area contributed by atoms with Gasteiger partial charge in [0.15, 0.2) is 0 Å². The van der Waals surface area contributed by atoms with Crippen molar-refractivity contribution in [2.24, 2.45) is 5.92 Å². The van der Waals surface area contributed by atoms with Crippen molar-refractivity contribution in [1.82, 2.24) is 8.96 Å².